The number of amides is 1. The summed E-state index contributed by atoms with van der Waals surface area (Å²) in [4.78, 5) is 32.2. The Morgan fingerprint density at radius 3 is 2.53 bits per heavy atom. The highest BCUT2D eigenvalue weighted by Gasteiger charge is 2.22. The van der Waals surface area contributed by atoms with Crippen molar-refractivity contribution < 1.29 is 4.79 Å². The fourth-order valence-electron chi connectivity index (χ4n) is 3.65. The molecule has 0 N–H and O–H groups in total. The van der Waals surface area contributed by atoms with Gasteiger partial charge in [0.25, 0.3) is 0 Å². The Labute approximate surface area is 181 Å². The summed E-state index contributed by atoms with van der Waals surface area (Å²) in [5, 5.41) is 2.78. The predicted octanol–water partition coefficient (Wildman–Crippen LogP) is 3.56. The number of hydrogen-bond acceptors (Lipinski definition) is 7. The van der Waals surface area contributed by atoms with Crippen molar-refractivity contribution in [1.29, 1.82) is 0 Å². The van der Waals surface area contributed by atoms with E-state index in [1.807, 2.05) is 25.1 Å². The van der Waals surface area contributed by atoms with E-state index in [9.17, 15) is 4.79 Å². The molecule has 1 aliphatic rings. The fourth-order valence-corrected chi connectivity index (χ4v) is 4.52. The maximum Gasteiger partial charge on any atom is 0.230 e. The van der Waals surface area contributed by atoms with E-state index in [1.54, 1.807) is 24.2 Å². The number of aryl methyl sites for hydroxylation is 1. The molecule has 4 rings (SSSR count). The summed E-state index contributed by atoms with van der Waals surface area (Å²) in [6, 6.07) is 7.86. The minimum atomic E-state index is -0.0268. The van der Waals surface area contributed by atoms with Crippen molar-refractivity contribution in [2.45, 2.75) is 27.3 Å². The number of thiazole rings is 1. The van der Waals surface area contributed by atoms with Crippen LogP contribution in [0.15, 0.2) is 42.0 Å². The summed E-state index contributed by atoms with van der Waals surface area (Å²) < 4.78 is 0. The van der Waals surface area contributed by atoms with Crippen LogP contribution in [0.1, 0.15) is 23.7 Å². The Morgan fingerprint density at radius 1 is 1.10 bits per heavy atom. The summed E-state index contributed by atoms with van der Waals surface area (Å²) in [6.07, 6.45) is 3.56. The largest absolute Gasteiger partial charge is 0.338 e. The minimum absolute atomic E-state index is 0.0268. The second-order valence-electron chi connectivity index (χ2n) is 7.51. The Kier molecular flexibility index (Phi) is 6.06. The summed E-state index contributed by atoms with van der Waals surface area (Å²) in [5.41, 5.74) is 4.16. The lowest BCUT2D eigenvalue weighted by atomic mass is 10.1. The van der Waals surface area contributed by atoms with Crippen LogP contribution in [0.25, 0.3) is 0 Å². The molecule has 1 saturated heterocycles. The lowest BCUT2D eigenvalue weighted by Gasteiger charge is -2.34. The maximum absolute atomic E-state index is 12.4. The highest BCUT2D eigenvalue weighted by Crippen LogP contribution is 2.32. The number of benzene rings is 1. The molecule has 30 heavy (non-hydrogen) atoms. The minimum Gasteiger partial charge on any atom is -0.338 e. The van der Waals surface area contributed by atoms with Crippen molar-refractivity contribution in [3.8, 4) is 0 Å². The van der Waals surface area contributed by atoms with Gasteiger partial charge in [-0.25, -0.2) is 15.0 Å². The van der Waals surface area contributed by atoms with Crippen molar-refractivity contribution in [3.05, 3.63) is 58.9 Å². The number of carbonyl (C=O) groups excluding carboxylic acids is 1. The second kappa shape index (κ2) is 8.89. The van der Waals surface area contributed by atoms with Gasteiger partial charge in [0.1, 0.15) is 0 Å². The van der Waals surface area contributed by atoms with Gasteiger partial charge >= 0.3 is 0 Å². The molecular weight excluding hydrogens is 396 g/mol. The number of piperazine rings is 1. The second-order valence-corrected chi connectivity index (χ2v) is 8.34. The van der Waals surface area contributed by atoms with Gasteiger partial charge in [-0.1, -0.05) is 12.1 Å². The van der Waals surface area contributed by atoms with Crippen molar-refractivity contribution >= 4 is 34.0 Å². The normalized spacial score (nSPS) is 14.7. The molecule has 1 fully saturated rings. The van der Waals surface area contributed by atoms with Crippen molar-refractivity contribution in [3.63, 3.8) is 0 Å². The van der Waals surface area contributed by atoms with Crippen LogP contribution in [0.2, 0.25) is 0 Å². The number of rotatable bonds is 5. The van der Waals surface area contributed by atoms with Gasteiger partial charge in [0, 0.05) is 57.4 Å². The van der Waals surface area contributed by atoms with Gasteiger partial charge in [-0.2, -0.15) is 0 Å². The predicted molar refractivity (Wildman–Crippen MR) is 120 cm³/mol. The topological polar surface area (TPSA) is 65.5 Å². The zero-order chi connectivity index (χ0) is 21.1. The van der Waals surface area contributed by atoms with Crippen LogP contribution in [0.4, 0.5) is 16.8 Å². The highest BCUT2D eigenvalue weighted by molar-refractivity contribution is 7.14. The summed E-state index contributed by atoms with van der Waals surface area (Å²) in [6.45, 7) is 10.1. The molecule has 0 aliphatic carbocycles. The highest BCUT2D eigenvalue weighted by atomic mass is 32.1. The summed E-state index contributed by atoms with van der Waals surface area (Å²) in [5.74, 6) is 0.764. The van der Waals surface area contributed by atoms with Crippen LogP contribution in [-0.2, 0) is 11.3 Å². The van der Waals surface area contributed by atoms with Crippen LogP contribution in [0.3, 0.4) is 0 Å². The zero-order valence-electron chi connectivity index (χ0n) is 17.6. The Hall–Kier alpha value is -2.84. The molecule has 8 heteroatoms. The van der Waals surface area contributed by atoms with Gasteiger partial charge < -0.3 is 4.90 Å². The first-order valence-electron chi connectivity index (χ1n) is 10.1. The van der Waals surface area contributed by atoms with Gasteiger partial charge in [-0.15, -0.1) is 11.3 Å². The average Bonchev–Trinajstić information content (AvgIpc) is 3.20. The molecule has 0 atom stereocenters. The molecule has 3 aromatic rings. The number of anilines is 3. The third-order valence-electron chi connectivity index (χ3n) is 5.46. The molecule has 0 bridgehead atoms. The van der Waals surface area contributed by atoms with E-state index in [-0.39, 0.29) is 5.91 Å². The van der Waals surface area contributed by atoms with Crippen LogP contribution in [0, 0.1) is 13.8 Å². The third kappa shape index (κ3) is 4.34. The van der Waals surface area contributed by atoms with Crippen LogP contribution in [-0.4, -0.2) is 51.9 Å². The Morgan fingerprint density at radius 2 is 1.83 bits per heavy atom. The molecule has 0 radical (unpaired) electrons. The lowest BCUT2D eigenvalue weighted by Crippen LogP contribution is -2.46. The van der Waals surface area contributed by atoms with E-state index in [4.69, 9.17) is 4.98 Å². The van der Waals surface area contributed by atoms with E-state index < -0.39 is 0 Å². The van der Waals surface area contributed by atoms with E-state index in [2.05, 4.69) is 38.1 Å². The van der Waals surface area contributed by atoms with E-state index >= 15 is 0 Å². The van der Waals surface area contributed by atoms with E-state index in [0.717, 1.165) is 66.3 Å². The van der Waals surface area contributed by atoms with E-state index in [1.165, 1.54) is 11.3 Å². The van der Waals surface area contributed by atoms with Gasteiger partial charge in [0.2, 0.25) is 11.9 Å². The Balaban J connectivity index is 1.44. The SMILES string of the molecule is CC(=O)N(c1nc(CN2CCN(c3ncccn3)CC2)cs1)c1cccc(C)c1C. The van der Waals surface area contributed by atoms with Crippen LogP contribution >= 0.6 is 11.3 Å². The maximum atomic E-state index is 12.4. The molecule has 0 spiro atoms. The van der Waals surface area contributed by atoms with E-state index in [0.29, 0.717) is 0 Å². The molecule has 1 aliphatic heterocycles. The van der Waals surface area contributed by atoms with Gasteiger partial charge in [0.05, 0.1) is 11.4 Å². The molecule has 0 unspecified atom stereocenters. The van der Waals surface area contributed by atoms with Crippen LogP contribution in [0.5, 0.6) is 0 Å². The Bertz CT molecular complexity index is 1010. The molecule has 1 amide bonds. The first kappa shape index (κ1) is 20.4. The summed E-state index contributed by atoms with van der Waals surface area (Å²) in [7, 11) is 0. The first-order chi connectivity index (χ1) is 14.5. The lowest BCUT2D eigenvalue weighted by molar-refractivity contribution is -0.115. The third-order valence-corrected chi connectivity index (χ3v) is 6.33. The average molecular weight is 423 g/mol. The molecule has 2 aromatic heterocycles. The molecule has 156 valence electrons. The fraction of sp³-hybridized carbons (Fsp3) is 0.364. The van der Waals surface area contributed by atoms with Crippen LogP contribution < -0.4 is 9.80 Å². The number of aromatic nitrogens is 3. The smallest absolute Gasteiger partial charge is 0.230 e. The van der Waals surface area contributed by atoms with Crippen molar-refractivity contribution in [2.24, 2.45) is 0 Å². The molecule has 1 aromatic carbocycles. The first-order valence-corrected chi connectivity index (χ1v) is 11.0. The van der Waals surface area contributed by atoms with Crippen molar-refractivity contribution in [2.75, 3.05) is 36.0 Å². The number of nitrogens with zero attached hydrogens (tertiary/aromatic N) is 6. The zero-order valence-corrected chi connectivity index (χ0v) is 18.4. The quantitative estimate of drug-likeness (QED) is 0.626. The molecule has 7 nitrogen and oxygen atoms in total. The summed E-state index contributed by atoms with van der Waals surface area (Å²) >= 11 is 1.52. The molecular formula is C22H26N6OS. The van der Waals surface area contributed by atoms with Gasteiger partial charge in [-0.05, 0) is 37.1 Å². The van der Waals surface area contributed by atoms with Gasteiger partial charge in [0.15, 0.2) is 5.13 Å². The number of carbonyl (C=O) groups is 1. The molecule has 3 heterocycles. The van der Waals surface area contributed by atoms with Crippen molar-refractivity contribution in [1.82, 2.24) is 19.9 Å². The molecule has 0 saturated carbocycles. The standard InChI is InChI=1S/C22H26N6OS/c1-16-6-4-7-20(17(16)2)28(18(3)29)22-25-19(15-30-22)14-26-10-12-27(13-11-26)21-23-8-5-9-24-21/h4-9,15H,10-14H2,1-3H3. The van der Waals surface area contributed by atoms with Gasteiger partial charge in [-0.3, -0.25) is 14.6 Å². The number of hydrogen-bond donors (Lipinski definition) is 0. The monoisotopic (exact) mass is 422 g/mol.